The van der Waals surface area contributed by atoms with Crippen LogP contribution in [0, 0.1) is 24.1 Å². The molecule has 1 saturated carbocycles. The number of para-hydroxylation sites is 2. The van der Waals surface area contributed by atoms with Crippen LogP contribution in [0.5, 0.6) is 0 Å². The van der Waals surface area contributed by atoms with Crippen molar-refractivity contribution in [3.8, 4) is 0 Å². The standard InChI is InChI=1S/C31H33FN4/c1-21-17-23(11-12-27(21)30(33)25-5-4-6-26(32)18-25)19-35-15-13-24(14-16-35)31-34-28-7-2-3-8-29(28)36(31)20-22-9-10-22/h2-8,11-12,17-18,22,24,33H,9-10,13-16,19-20H2,1H3. The lowest BCUT2D eigenvalue weighted by molar-refractivity contribution is 0.200. The molecule has 0 radical (unpaired) electrons. The second-order valence-electron chi connectivity index (χ2n) is 10.6. The SMILES string of the molecule is Cc1cc(CN2CCC(c3nc4ccccc4n3CC3CC3)CC2)ccc1C(=N)c1cccc(F)c1. The Morgan fingerprint density at radius 3 is 2.53 bits per heavy atom. The topological polar surface area (TPSA) is 44.9 Å². The number of halogens is 1. The Bertz CT molecular complexity index is 1410. The summed E-state index contributed by atoms with van der Waals surface area (Å²) in [6.45, 7) is 6.21. The molecule has 2 fully saturated rings. The summed E-state index contributed by atoms with van der Waals surface area (Å²) >= 11 is 0. The van der Waals surface area contributed by atoms with Crippen molar-refractivity contribution in [1.82, 2.24) is 14.5 Å². The van der Waals surface area contributed by atoms with Crippen LogP contribution in [0.25, 0.3) is 11.0 Å². The highest BCUT2D eigenvalue weighted by molar-refractivity contribution is 6.11. The molecule has 5 heteroatoms. The Morgan fingerprint density at radius 1 is 0.972 bits per heavy atom. The molecule has 0 unspecified atom stereocenters. The zero-order valence-corrected chi connectivity index (χ0v) is 20.9. The van der Waals surface area contributed by atoms with Gasteiger partial charge in [0.15, 0.2) is 0 Å². The Morgan fingerprint density at radius 2 is 1.78 bits per heavy atom. The molecule has 0 bridgehead atoms. The molecule has 2 heterocycles. The van der Waals surface area contributed by atoms with E-state index >= 15 is 0 Å². The van der Waals surface area contributed by atoms with Crippen LogP contribution in [0.15, 0.2) is 66.7 Å². The number of nitrogens with one attached hydrogen (secondary N) is 1. The number of rotatable bonds is 7. The lowest BCUT2D eigenvalue weighted by Crippen LogP contribution is -2.33. The number of piperidine rings is 1. The molecule has 4 aromatic rings. The summed E-state index contributed by atoms with van der Waals surface area (Å²) in [5.74, 6) is 2.33. The molecule has 3 aromatic carbocycles. The number of hydrogen-bond donors (Lipinski definition) is 1. The summed E-state index contributed by atoms with van der Waals surface area (Å²) in [6.07, 6.45) is 4.97. The van der Waals surface area contributed by atoms with E-state index in [1.807, 2.05) is 13.0 Å². The van der Waals surface area contributed by atoms with E-state index in [2.05, 4.69) is 45.9 Å². The highest BCUT2D eigenvalue weighted by Crippen LogP contribution is 2.36. The van der Waals surface area contributed by atoms with Gasteiger partial charge in [0.1, 0.15) is 11.6 Å². The van der Waals surface area contributed by atoms with E-state index in [0.29, 0.717) is 17.2 Å². The quantitative estimate of drug-likeness (QED) is 0.300. The summed E-state index contributed by atoms with van der Waals surface area (Å²) in [5, 5.41) is 8.55. The van der Waals surface area contributed by atoms with Crippen LogP contribution in [-0.4, -0.2) is 33.3 Å². The number of aromatic nitrogens is 2. The van der Waals surface area contributed by atoms with Gasteiger partial charge in [-0.1, -0.05) is 42.5 Å². The predicted molar refractivity (Wildman–Crippen MR) is 143 cm³/mol. The van der Waals surface area contributed by atoms with Crippen molar-refractivity contribution in [1.29, 1.82) is 5.41 Å². The lowest BCUT2D eigenvalue weighted by atomic mass is 9.94. The largest absolute Gasteiger partial charge is 0.327 e. The fourth-order valence-corrected chi connectivity index (χ4v) is 5.67. The van der Waals surface area contributed by atoms with E-state index in [4.69, 9.17) is 10.4 Å². The van der Waals surface area contributed by atoms with Crippen LogP contribution in [0.4, 0.5) is 4.39 Å². The van der Waals surface area contributed by atoms with Crippen LogP contribution in [0.1, 0.15) is 59.7 Å². The zero-order chi connectivity index (χ0) is 24.6. The van der Waals surface area contributed by atoms with Gasteiger partial charge in [-0.2, -0.15) is 0 Å². The van der Waals surface area contributed by atoms with Gasteiger partial charge in [-0.15, -0.1) is 0 Å². The summed E-state index contributed by atoms with van der Waals surface area (Å²) < 4.78 is 16.1. The van der Waals surface area contributed by atoms with Gasteiger partial charge >= 0.3 is 0 Å². The average Bonchev–Trinajstić information content (AvgIpc) is 3.64. The first kappa shape index (κ1) is 23.1. The maximum atomic E-state index is 13.6. The maximum absolute atomic E-state index is 13.6. The Balaban J connectivity index is 1.12. The van der Waals surface area contributed by atoms with E-state index in [-0.39, 0.29) is 5.82 Å². The van der Waals surface area contributed by atoms with Gasteiger partial charge in [0.2, 0.25) is 0 Å². The molecule has 184 valence electrons. The first-order valence-corrected chi connectivity index (χ1v) is 13.2. The van der Waals surface area contributed by atoms with Crippen molar-refractivity contribution in [2.75, 3.05) is 13.1 Å². The predicted octanol–water partition coefficient (Wildman–Crippen LogP) is 6.69. The van der Waals surface area contributed by atoms with Crippen LogP contribution in [-0.2, 0) is 13.1 Å². The van der Waals surface area contributed by atoms with Crippen LogP contribution in [0.2, 0.25) is 0 Å². The number of benzene rings is 3. The van der Waals surface area contributed by atoms with Crippen LogP contribution in [0.3, 0.4) is 0 Å². The molecule has 6 rings (SSSR count). The minimum atomic E-state index is -0.307. The van der Waals surface area contributed by atoms with Gasteiger partial charge in [0.25, 0.3) is 0 Å². The first-order chi connectivity index (χ1) is 17.5. The van der Waals surface area contributed by atoms with Crippen molar-refractivity contribution in [2.45, 2.75) is 51.6 Å². The minimum Gasteiger partial charge on any atom is -0.327 e. The van der Waals surface area contributed by atoms with E-state index in [1.54, 1.807) is 12.1 Å². The summed E-state index contributed by atoms with van der Waals surface area (Å²) in [6, 6.07) is 21.2. The third-order valence-electron chi connectivity index (χ3n) is 7.85. The molecular formula is C31H33FN4. The van der Waals surface area contributed by atoms with Gasteiger partial charge in [0.05, 0.1) is 16.7 Å². The minimum absolute atomic E-state index is 0.307. The van der Waals surface area contributed by atoms with Crippen molar-refractivity contribution >= 4 is 16.7 Å². The Labute approximate surface area is 212 Å². The molecule has 1 aliphatic carbocycles. The van der Waals surface area contributed by atoms with Crippen molar-refractivity contribution < 1.29 is 4.39 Å². The Hall–Kier alpha value is -3.31. The maximum Gasteiger partial charge on any atom is 0.123 e. The summed E-state index contributed by atoms with van der Waals surface area (Å²) in [7, 11) is 0. The van der Waals surface area contributed by atoms with Crippen LogP contribution >= 0.6 is 0 Å². The molecule has 1 aliphatic heterocycles. The zero-order valence-electron chi connectivity index (χ0n) is 20.9. The van der Waals surface area contributed by atoms with Crippen molar-refractivity contribution in [2.24, 2.45) is 5.92 Å². The molecule has 1 aromatic heterocycles. The van der Waals surface area contributed by atoms with E-state index in [9.17, 15) is 4.39 Å². The third kappa shape index (κ3) is 4.72. The third-order valence-corrected chi connectivity index (χ3v) is 7.85. The molecule has 36 heavy (non-hydrogen) atoms. The number of imidazole rings is 1. The normalized spacial score (nSPS) is 17.1. The first-order valence-electron chi connectivity index (χ1n) is 13.2. The van der Waals surface area contributed by atoms with Crippen molar-refractivity contribution in [3.63, 3.8) is 0 Å². The van der Waals surface area contributed by atoms with Crippen LogP contribution < -0.4 is 0 Å². The van der Waals surface area contributed by atoms with E-state index in [1.165, 1.54) is 41.9 Å². The molecule has 0 atom stereocenters. The van der Waals surface area contributed by atoms with Gasteiger partial charge in [-0.3, -0.25) is 10.3 Å². The molecule has 1 saturated heterocycles. The molecule has 2 aliphatic rings. The number of hydrogen-bond acceptors (Lipinski definition) is 3. The van der Waals surface area contributed by atoms with Crippen molar-refractivity contribution in [3.05, 3.63) is 101 Å². The lowest BCUT2D eigenvalue weighted by Gasteiger charge is -2.32. The Kier molecular flexibility index (Phi) is 6.18. The molecular weight excluding hydrogens is 447 g/mol. The van der Waals surface area contributed by atoms with Gasteiger partial charge < -0.3 is 4.57 Å². The monoisotopic (exact) mass is 480 g/mol. The smallest absolute Gasteiger partial charge is 0.123 e. The van der Waals surface area contributed by atoms with E-state index < -0.39 is 0 Å². The summed E-state index contributed by atoms with van der Waals surface area (Å²) in [4.78, 5) is 7.63. The van der Waals surface area contributed by atoms with Gasteiger partial charge in [0, 0.05) is 30.1 Å². The highest BCUT2D eigenvalue weighted by atomic mass is 19.1. The fraction of sp³-hybridized carbons (Fsp3) is 0.355. The second-order valence-corrected chi connectivity index (χ2v) is 10.6. The number of aryl methyl sites for hydroxylation is 1. The molecule has 0 spiro atoms. The van der Waals surface area contributed by atoms with E-state index in [0.717, 1.165) is 61.6 Å². The highest BCUT2D eigenvalue weighted by Gasteiger charge is 2.29. The molecule has 1 N–H and O–H groups in total. The van der Waals surface area contributed by atoms with Gasteiger partial charge in [-0.25, -0.2) is 9.37 Å². The number of fused-ring (bicyclic) bond motifs is 1. The molecule has 0 amide bonds. The second kappa shape index (κ2) is 9.62. The average molecular weight is 481 g/mol. The number of nitrogens with zero attached hydrogens (tertiary/aromatic N) is 3. The molecule has 4 nitrogen and oxygen atoms in total. The summed E-state index contributed by atoms with van der Waals surface area (Å²) in [5.41, 5.74) is 6.59. The number of likely N-dealkylation sites (tertiary alicyclic amines) is 1. The fourth-order valence-electron chi connectivity index (χ4n) is 5.67. The van der Waals surface area contributed by atoms with Gasteiger partial charge in [-0.05, 0) is 87.0 Å².